The molecule has 0 aromatic carbocycles. The van der Waals surface area contributed by atoms with Crippen LogP contribution in [0.5, 0.6) is 0 Å². The highest BCUT2D eigenvalue weighted by Crippen LogP contribution is 1.94. The maximum absolute atomic E-state index is 9.02. The molecule has 14 heavy (non-hydrogen) atoms. The summed E-state index contributed by atoms with van der Waals surface area (Å²) < 4.78 is 0. The van der Waals surface area contributed by atoms with E-state index < -0.39 is 0 Å². The Balaban J connectivity index is 3.13. The van der Waals surface area contributed by atoms with Gasteiger partial charge in [0.05, 0.1) is 6.10 Å². The van der Waals surface area contributed by atoms with Crippen LogP contribution in [0.15, 0.2) is 0 Å². The second-order valence-electron chi connectivity index (χ2n) is 4.32. The smallest absolute Gasteiger partial charge is 0.0524 e. The molecule has 0 bridgehead atoms. The van der Waals surface area contributed by atoms with Crippen molar-refractivity contribution in [2.75, 3.05) is 26.7 Å². The molecular formula is C11H26N2O. The zero-order valence-electron chi connectivity index (χ0n) is 10.1. The van der Waals surface area contributed by atoms with E-state index in [1.54, 1.807) is 0 Å². The van der Waals surface area contributed by atoms with Crippen molar-refractivity contribution in [2.24, 2.45) is 0 Å². The van der Waals surface area contributed by atoms with E-state index in [0.717, 1.165) is 26.1 Å². The first-order chi connectivity index (χ1) is 6.54. The van der Waals surface area contributed by atoms with Crippen LogP contribution in [0.1, 0.15) is 33.6 Å². The molecule has 0 fully saturated rings. The van der Waals surface area contributed by atoms with E-state index in [4.69, 9.17) is 5.11 Å². The third-order valence-electron chi connectivity index (χ3n) is 2.48. The number of hydrogen-bond donors (Lipinski definition) is 2. The fourth-order valence-electron chi connectivity index (χ4n) is 1.15. The van der Waals surface area contributed by atoms with Crippen LogP contribution in [0.25, 0.3) is 0 Å². The molecule has 1 atom stereocenters. The molecule has 0 aromatic heterocycles. The summed E-state index contributed by atoms with van der Waals surface area (Å²) in [7, 11) is 2.15. The van der Waals surface area contributed by atoms with Gasteiger partial charge in [0.1, 0.15) is 0 Å². The molecule has 0 aliphatic carbocycles. The lowest BCUT2D eigenvalue weighted by atomic mass is 10.3. The van der Waals surface area contributed by atoms with Crippen LogP contribution in [-0.2, 0) is 0 Å². The van der Waals surface area contributed by atoms with Crippen molar-refractivity contribution in [3.63, 3.8) is 0 Å². The summed E-state index contributed by atoms with van der Waals surface area (Å²) in [5, 5.41) is 12.3. The molecular weight excluding hydrogens is 176 g/mol. The average molecular weight is 202 g/mol. The van der Waals surface area contributed by atoms with E-state index in [1.807, 2.05) is 6.92 Å². The lowest BCUT2D eigenvalue weighted by molar-refractivity contribution is 0.183. The Morgan fingerprint density at radius 1 is 1.21 bits per heavy atom. The average Bonchev–Trinajstić information content (AvgIpc) is 2.09. The Labute approximate surface area is 88.5 Å². The van der Waals surface area contributed by atoms with Crippen LogP contribution in [0, 0.1) is 0 Å². The Hall–Kier alpha value is -0.120. The second kappa shape index (κ2) is 8.21. The molecule has 0 saturated heterocycles. The molecule has 0 spiro atoms. The minimum absolute atomic E-state index is 0.180. The minimum atomic E-state index is -0.180. The summed E-state index contributed by atoms with van der Waals surface area (Å²) in [5.41, 5.74) is 0. The number of aliphatic hydroxyl groups excluding tert-OH is 1. The Bertz CT molecular complexity index is 126. The summed E-state index contributed by atoms with van der Waals surface area (Å²) in [5.74, 6) is 0. The zero-order valence-corrected chi connectivity index (χ0v) is 10.1. The number of hydrogen-bond acceptors (Lipinski definition) is 3. The highest BCUT2D eigenvalue weighted by Gasteiger charge is 2.01. The molecule has 86 valence electrons. The van der Waals surface area contributed by atoms with Crippen molar-refractivity contribution in [2.45, 2.75) is 45.8 Å². The Morgan fingerprint density at radius 2 is 1.86 bits per heavy atom. The van der Waals surface area contributed by atoms with E-state index in [2.05, 4.69) is 31.1 Å². The van der Waals surface area contributed by atoms with Crippen LogP contribution in [0.2, 0.25) is 0 Å². The van der Waals surface area contributed by atoms with Crippen LogP contribution < -0.4 is 5.32 Å². The molecule has 0 aliphatic rings. The number of nitrogens with one attached hydrogen (secondary N) is 1. The van der Waals surface area contributed by atoms with Gasteiger partial charge in [-0.15, -0.1) is 0 Å². The summed E-state index contributed by atoms with van der Waals surface area (Å²) in [6.07, 6.45) is 1.84. The van der Waals surface area contributed by atoms with Crippen molar-refractivity contribution >= 4 is 0 Å². The van der Waals surface area contributed by atoms with Crippen molar-refractivity contribution in [1.29, 1.82) is 0 Å². The van der Waals surface area contributed by atoms with Crippen LogP contribution in [-0.4, -0.2) is 48.8 Å². The summed E-state index contributed by atoms with van der Waals surface area (Å²) in [4.78, 5) is 2.34. The van der Waals surface area contributed by atoms with Crippen LogP contribution in [0.3, 0.4) is 0 Å². The largest absolute Gasteiger partial charge is 0.393 e. The normalized spacial score (nSPS) is 13.9. The van der Waals surface area contributed by atoms with Gasteiger partial charge in [0.15, 0.2) is 0 Å². The first-order valence-corrected chi connectivity index (χ1v) is 5.63. The van der Waals surface area contributed by atoms with Gasteiger partial charge in [-0.25, -0.2) is 0 Å². The maximum atomic E-state index is 9.02. The lowest BCUT2D eigenvalue weighted by Gasteiger charge is -2.20. The molecule has 0 aromatic rings. The van der Waals surface area contributed by atoms with E-state index >= 15 is 0 Å². The van der Waals surface area contributed by atoms with Gasteiger partial charge in [-0.05, 0) is 60.3 Å². The zero-order chi connectivity index (χ0) is 11.0. The van der Waals surface area contributed by atoms with Crippen LogP contribution in [0.4, 0.5) is 0 Å². The number of aliphatic hydroxyl groups is 1. The predicted octanol–water partition coefficient (Wildman–Crippen LogP) is 1.08. The van der Waals surface area contributed by atoms with Crippen molar-refractivity contribution < 1.29 is 5.11 Å². The Morgan fingerprint density at radius 3 is 2.36 bits per heavy atom. The summed E-state index contributed by atoms with van der Waals surface area (Å²) >= 11 is 0. The van der Waals surface area contributed by atoms with E-state index in [1.165, 1.54) is 6.42 Å². The maximum Gasteiger partial charge on any atom is 0.0524 e. The van der Waals surface area contributed by atoms with Gasteiger partial charge in [0, 0.05) is 6.04 Å². The number of rotatable bonds is 8. The molecule has 3 heteroatoms. The minimum Gasteiger partial charge on any atom is -0.393 e. The van der Waals surface area contributed by atoms with Crippen molar-refractivity contribution in [3.8, 4) is 0 Å². The third-order valence-corrected chi connectivity index (χ3v) is 2.48. The quantitative estimate of drug-likeness (QED) is 0.578. The highest BCUT2D eigenvalue weighted by atomic mass is 16.3. The summed E-state index contributed by atoms with van der Waals surface area (Å²) in [6.45, 7) is 9.35. The fraction of sp³-hybridized carbons (Fsp3) is 1.00. The molecule has 2 N–H and O–H groups in total. The lowest BCUT2D eigenvalue weighted by Crippen LogP contribution is -2.30. The molecule has 0 saturated carbocycles. The topological polar surface area (TPSA) is 35.5 Å². The molecule has 0 rings (SSSR count). The molecule has 0 radical (unpaired) electrons. The van der Waals surface area contributed by atoms with Gasteiger partial charge in [-0.2, -0.15) is 0 Å². The molecule has 0 heterocycles. The van der Waals surface area contributed by atoms with Gasteiger partial charge in [-0.3, -0.25) is 0 Å². The fourth-order valence-corrected chi connectivity index (χ4v) is 1.15. The van der Waals surface area contributed by atoms with E-state index in [-0.39, 0.29) is 6.10 Å². The van der Waals surface area contributed by atoms with Crippen molar-refractivity contribution in [3.05, 3.63) is 0 Å². The first-order valence-electron chi connectivity index (χ1n) is 5.63. The first kappa shape index (κ1) is 13.9. The Kier molecular flexibility index (Phi) is 8.14. The van der Waals surface area contributed by atoms with Gasteiger partial charge < -0.3 is 15.3 Å². The third kappa shape index (κ3) is 8.48. The molecule has 0 aliphatic heterocycles. The summed E-state index contributed by atoms with van der Waals surface area (Å²) in [6, 6.07) is 0.632. The SMILES string of the molecule is CC(O)CCNCCCN(C)C(C)C. The highest BCUT2D eigenvalue weighted by molar-refractivity contribution is 4.58. The molecule has 3 nitrogen and oxygen atoms in total. The second-order valence-corrected chi connectivity index (χ2v) is 4.32. The van der Waals surface area contributed by atoms with Gasteiger partial charge in [0.2, 0.25) is 0 Å². The van der Waals surface area contributed by atoms with Gasteiger partial charge >= 0.3 is 0 Å². The molecule has 1 unspecified atom stereocenters. The monoisotopic (exact) mass is 202 g/mol. The van der Waals surface area contributed by atoms with Gasteiger partial charge in [0.25, 0.3) is 0 Å². The predicted molar refractivity (Wildman–Crippen MR) is 61.6 cm³/mol. The van der Waals surface area contributed by atoms with Crippen molar-refractivity contribution in [1.82, 2.24) is 10.2 Å². The molecule has 0 amide bonds. The van der Waals surface area contributed by atoms with Gasteiger partial charge in [-0.1, -0.05) is 0 Å². The standard InChI is InChI=1S/C11H26N2O/c1-10(2)13(4)9-5-7-12-8-6-11(3)14/h10-12,14H,5-9H2,1-4H3. The van der Waals surface area contributed by atoms with E-state index in [0.29, 0.717) is 6.04 Å². The van der Waals surface area contributed by atoms with Crippen LogP contribution >= 0.6 is 0 Å². The number of nitrogens with zero attached hydrogens (tertiary/aromatic N) is 1. The van der Waals surface area contributed by atoms with E-state index in [9.17, 15) is 0 Å².